The van der Waals surface area contributed by atoms with Crippen molar-refractivity contribution in [2.45, 2.75) is 6.92 Å². The Morgan fingerprint density at radius 1 is 1.33 bits per heavy atom. The van der Waals surface area contributed by atoms with Gasteiger partial charge in [-0.3, -0.25) is 9.59 Å². The topological polar surface area (TPSA) is 62.0 Å². The van der Waals surface area contributed by atoms with Gasteiger partial charge in [-0.2, -0.15) is 0 Å². The fourth-order valence-electron chi connectivity index (χ4n) is 1.47. The average Bonchev–Trinajstić information content (AvgIpc) is 2.17. The molecule has 1 amide bonds. The molecular weight excluding hydrogens is 192 g/mol. The van der Waals surface area contributed by atoms with Crippen molar-refractivity contribution in [1.29, 1.82) is 0 Å². The number of hydrogen-bond acceptors (Lipinski definition) is 2. The zero-order valence-corrected chi connectivity index (χ0v) is 8.20. The average molecular weight is 202 g/mol. The van der Waals surface area contributed by atoms with Crippen molar-refractivity contribution in [3.8, 4) is 0 Å². The molecule has 0 spiro atoms. The summed E-state index contributed by atoms with van der Waals surface area (Å²) in [7, 11) is 0. The Morgan fingerprint density at radius 3 is 2.87 bits per heavy atom. The van der Waals surface area contributed by atoms with Crippen LogP contribution in [0.3, 0.4) is 0 Å². The minimum absolute atomic E-state index is 0.123. The number of nitrogens with one attached hydrogen (secondary N) is 2. The molecule has 0 unspecified atom stereocenters. The highest BCUT2D eigenvalue weighted by atomic mass is 16.1. The van der Waals surface area contributed by atoms with Gasteiger partial charge in [-0.15, -0.1) is 0 Å². The van der Waals surface area contributed by atoms with Gasteiger partial charge in [0.05, 0.1) is 0 Å². The van der Waals surface area contributed by atoms with Crippen LogP contribution >= 0.6 is 0 Å². The number of rotatable bonds is 1. The fraction of sp³-hybridized carbons (Fsp3) is 0.0909. The lowest BCUT2D eigenvalue weighted by atomic mass is 10.1. The number of H-pyrrole nitrogens is 1. The molecule has 15 heavy (non-hydrogen) atoms. The first-order valence-electron chi connectivity index (χ1n) is 4.56. The van der Waals surface area contributed by atoms with Crippen molar-refractivity contribution in [1.82, 2.24) is 4.98 Å². The van der Waals surface area contributed by atoms with E-state index in [1.54, 1.807) is 30.5 Å². The van der Waals surface area contributed by atoms with E-state index in [0.717, 1.165) is 5.39 Å². The number of carbonyl (C=O) groups excluding carboxylic acids is 1. The second-order valence-corrected chi connectivity index (χ2v) is 3.29. The number of carbonyl (C=O) groups is 1. The van der Waals surface area contributed by atoms with Gasteiger partial charge in [-0.25, -0.2) is 0 Å². The van der Waals surface area contributed by atoms with E-state index in [0.29, 0.717) is 11.1 Å². The number of hydrogen-bond donors (Lipinski definition) is 2. The molecule has 0 saturated carbocycles. The first-order valence-corrected chi connectivity index (χ1v) is 4.56. The van der Waals surface area contributed by atoms with Crippen LogP contribution in [0.5, 0.6) is 0 Å². The second-order valence-electron chi connectivity index (χ2n) is 3.29. The van der Waals surface area contributed by atoms with Gasteiger partial charge in [-0.05, 0) is 29.7 Å². The number of aromatic nitrogens is 1. The van der Waals surface area contributed by atoms with Gasteiger partial charge in [0.1, 0.15) is 0 Å². The smallest absolute Gasteiger partial charge is 0.255 e. The van der Waals surface area contributed by atoms with Crippen molar-refractivity contribution < 1.29 is 4.79 Å². The molecule has 0 radical (unpaired) electrons. The summed E-state index contributed by atoms with van der Waals surface area (Å²) in [6.45, 7) is 1.45. The van der Waals surface area contributed by atoms with E-state index in [4.69, 9.17) is 0 Å². The van der Waals surface area contributed by atoms with E-state index in [2.05, 4.69) is 10.3 Å². The Hall–Kier alpha value is -2.10. The molecular formula is C11H10N2O2. The van der Waals surface area contributed by atoms with Gasteiger partial charge in [0, 0.05) is 24.2 Å². The summed E-state index contributed by atoms with van der Waals surface area (Å²) in [6, 6.07) is 6.96. The third-order valence-electron chi connectivity index (χ3n) is 2.09. The van der Waals surface area contributed by atoms with E-state index in [1.807, 2.05) is 0 Å². The Bertz CT molecular complexity index is 572. The van der Waals surface area contributed by atoms with Crippen LogP contribution in [0.2, 0.25) is 0 Å². The van der Waals surface area contributed by atoms with E-state index >= 15 is 0 Å². The Labute approximate surface area is 85.9 Å². The molecule has 0 saturated heterocycles. The highest BCUT2D eigenvalue weighted by molar-refractivity contribution is 5.92. The summed E-state index contributed by atoms with van der Waals surface area (Å²) in [4.78, 5) is 24.8. The number of fused-ring (bicyclic) bond motifs is 1. The molecule has 0 aliphatic rings. The molecule has 1 aromatic heterocycles. The quantitative estimate of drug-likeness (QED) is 0.735. The summed E-state index contributed by atoms with van der Waals surface area (Å²) in [6.07, 6.45) is 1.59. The molecule has 0 aliphatic heterocycles. The standard InChI is InChI=1S/C11H10N2O2/c1-7(14)13-9-2-3-10-8(6-9)4-5-12-11(10)15/h2-6H,1H3,(H,12,15)(H,13,14). The molecule has 0 aliphatic carbocycles. The van der Waals surface area contributed by atoms with Crippen LogP contribution < -0.4 is 10.9 Å². The molecule has 1 heterocycles. The molecule has 0 atom stereocenters. The largest absolute Gasteiger partial charge is 0.329 e. The maximum atomic E-state index is 11.4. The lowest BCUT2D eigenvalue weighted by Gasteiger charge is -2.02. The third kappa shape index (κ3) is 1.88. The van der Waals surface area contributed by atoms with E-state index in [-0.39, 0.29) is 11.5 Å². The summed E-state index contributed by atoms with van der Waals surface area (Å²) in [5.74, 6) is -0.126. The molecule has 0 bridgehead atoms. The van der Waals surface area contributed by atoms with Crippen molar-refractivity contribution >= 4 is 22.4 Å². The molecule has 76 valence electrons. The Morgan fingerprint density at radius 2 is 2.13 bits per heavy atom. The normalized spacial score (nSPS) is 10.2. The number of aromatic amines is 1. The van der Waals surface area contributed by atoms with Gasteiger partial charge in [0.15, 0.2) is 0 Å². The van der Waals surface area contributed by atoms with Gasteiger partial charge < -0.3 is 10.3 Å². The first-order chi connectivity index (χ1) is 7.16. The molecule has 0 fully saturated rings. The van der Waals surface area contributed by atoms with E-state index < -0.39 is 0 Å². The highest BCUT2D eigenvalue weighted by Gasteiger charge is 2.00. The minimum atomic E-state index is -0.126. The Balaban J connectivity index is 2.57. The number of pyridine rings is 1. The summed E-state index contributed by atoms with van der Waals surface area (Å²) in [5, 5.41) is 4.09. The fourth-order valence-corrected chi connectivity index (χ4v) is 1.47. The van der Waals surface area contributed by atoms with Crippen molar-refractivity contribution in [3.63, 3.8) is 0 Å². The van der Waals surface area contributed by atoms with Gasteiger partial charge in [0.2, 0.25) is 5.91 Å². The van der Waals surface area contributed by atoms with Crippen LogP contribution in [0.4, 0.5) is 5.69 Å². The van der Waals surface area contributed by atoms with Gasteiger partial charge >= 0.3 is 0 Å². The highest BCUT2D eigenvalue weighted by Crippen LogP contribution is 2.15. The number of anilines is 1. The molecule has 2 N–H and O–H groups in total. The first kappa shape index (κ1) is 9.45. The van der Waals surface area contributed by atoms with Crippen LogP contribution in [0.15, 0.2) is 35.3 Å². The molecule has 4 heteroatoms. The zero-order chi connectivity index (χ0) is 10.8. The number of amides is 1. The Kier molecular flexibility index (Phi) is 2.25. The third-order valence-corrected chi connectivity index (χ3v) is 2.09. The second kappa shape index (κ2) is 3.57. The maximum absolute atomic E-state index is 11.4. The summed E-state index contributed by atoms with van der Waals surface area (Å²) in [5.41, 5.74) is 0.572. The van der Waals surface area contributed by atoms with Crippen LogP contribution in [0.1, 0.15) is 6.92 Å². The minimum Gasteiger partial charge on any atom is -0.329 e. The van der Waals surface area contributed by atoms with Crippen LogP contribution in [0, 0.1) is 0 Å². The summed E-state index contributed by atoms with van der Waals surface area (Å²) < 4.78 is 0. The van der Waals surface area contributed by atoms with E-state index in [9.17, 15) is 9.59 Å². The predicted octanol–water partition coefficient (Wildman–Crippen LogP) is 1.49. The SMILES string of the molecule is CC(=O)Nc1ccc2c(=O)[nH]ccc2c1. The van der Waals surface area contributed by atoms with Crippen molar-refractivity contribution in [2.75, 3.05) is 5.32 Å². The van der Waals surface area contributed by atoms with Gasteiger partial charge in [0.25, 0.3) is 5.56 Å². The monoisotopic (exact) mass is 202 g/mol. The lowest BCUT2D eigenvalue weighted by Crippen LogP contribution is -2.07. The molecule has 2 aromatic rings. The van der Waals surface area contributed by atoms with Crippen LogP contribution in [-0.4, -0.2) is 10.9 Å². The molecule has 2 rings (SSSR count). The maximum Gasteiger partial charge on any atom is 0.255 e. The lowest BCUT2D eigenvalue weighted by molar-refractivity contribution is -0.114. The van der Waals surface area contributed by atoms with Gasteiger partial charge in [-0.1, -0.05) is 0 Å². The van der Waals surface area contributed by atoms with Crippen LogP contribution in [0.25, 0.3) is 10.8 Å². The van der Waals surface area contributed by atoms with Crippen molar-refractivity contribution in [3.05, 3.63) is 40.8 Å². The van der Waals surface area contributed by atoms with Crippen LogP contribution in [-0.2, 0) is 4.79 Å². The zero-order valence-electron chi connectivity index (χ0n) is 8.20. The molecule has 4 nitrogen and oxygen atoms in total. The van der Waals surface area contributed by atoms with E-state index in [1.165, 1.54) is 6.92 Å². The summed E-state index contributed by atoms with van der Waals surface area (Å²) >= 11 is 0. The predicted molar refractivity (Wildman–Crippen MR) is 58.9 cm³/mol. The number of benzene rings is 1. The van der Waals surface area contributed by atoms with Crippen molar-refractivity contribution in [2.24, 2.45) is 0 Å². The molecule has 1 aromatic carbocycles.